The number of allylic oxidation sites excluding steroid dienone is 4. The molecule has 0 spiro atoms. The molecule has 0 saturated heterocycles. The Kier molecular flexibility index (Phi) is 13.3. The van der Waals surface area contributed by atoms with Crippen molar-refractivity contribution in [2.45, 2.75) is 121 Å². The topological polar surface area (TPSA) is 22.4 Å². The van der Waals surface area contributed by atoms with Gasteiger partial charge in [0, 0.05) is 81.7 Å². The lowest BCUT2D eigenvalue weighted by atomic mass is 9.92. The molecule has 0 bridgehead atoms. The van der Waals surface area contributed by atoms with E-state index in [0.29, 0.717) is 71.3 Å². The van der Waals surface area contributed by atoms with Gasteiger partial charge in [-0.05, 0) is 185 Å². The van der Waals surface area contributed by atoms with Crippen LogP contribution in [0.2, 0.25) is 0 Å². The van der Waals surface area contributed by atoms with Crippen LogP contribution in [0.1, 0.15) is 124 Å². The summed E-state index contributed by atoms with van der Waals surface area (Å²) >= 11 is 0. The third-order valence-corrected chi connectivity index (χ3v) is 18.1. The van der Waals surface area contributed by atoms with Gasteiger partial charge in [-0.15, -0.1) is 26.7 Å². The Morgan fingerprint density at radius 1 is 0.378 bits per heavy atom. The van der Waals surface area contributed by atoms with E-state index < -0.39 is 12.3 Å². The van der Waals surface area contributed by atoms with Crippen LogP contribution in [0.3, 0.4) is 0 Å². The number of hydrogen-bond acceptors (Lipinski definition) is 2. The zero-order valence-corrected chi connectivity index (χ0v) is 49.0. The average molecular weight is 1100 g/mol. The molecule has 82 heavy (non-hydrogen) atoms. The summed E-state index contributed by atoms with van der Waals surface area (Å²) in [4.78, 5) is 4.48. The highest BCUT2D eigenvalue weighted by atomic mass is 19.3. The molecule has 6 nitrogen and oxygen atoms in total. The Balaban J connectivity index is 0.936. The van der Waals surface area contributed by atoms with Crippen LogP contribution in [-0.4, -0.2) is 29.7 Å². The molecule has 0 aliphatic carbocycles. The number of halogens is 4. The van der Waals surface area contributed by atoms with Crippen LogP contribution in [0.4, 0.5) is 51.7 Å². The van der Waals surface area contributed by atoms with Crippen molar-refractivity contribution in [1.82, 2.24) is 9.13 Å². The number of rotatable bonds is 13. The molecule has 10 heteroatoms. The van der Waals surface area contributed by atoms with Crippen LogP contribution in [0, 0.1) is 27.7 Å². The summed E-state index contributed by atoms with van der Waals surface area (Å²) in [7, 11) is 0. The first-order valence-corrected chi connectivity index (χ1v) is 28.9. The van der Waals surface area contributed by atoms with E-state index in [0.717, 1.165) is 112 Å². The van der Waals surface area contributed by atoms with Crippen LogP contribution in [0.15, 0.2) is 191 Å². The van der Waals surface area contributed by atoms with E-state index in [2.05, 4.69) is 131 Å². The SMILES string of the molecule is CCC1=C(C)C2=C(c3ccc(N(c4ccccc4)c4cccc(-c5cccc(N(c6ccccc6)c6ccc(C7=C8C(C)=C(CC)C(C)=[N+]8C(F)(F)n8c(C)c(CC)c(C)c87)cc6)c5)c4)cc3)c3c(C)c(CC)c(C)n3C(F)(F)[N+]2=C1C. The molecule has 0 saturated carbocycles. The predicted molar refractivity (Wildman–Crippen MR) is 328 cm³/mol. The van der Waals surface area contributed by atoms with Gasteiger partial charge in [0.25, 0.3) is 0 Å². The fourth-order valence-corrected chi connectivity index (χ4v) is 14.4. The molecule has 0 fully saturated rings. The van der Waals surface area contributed by atoms with Gasteiger partial charge in [0.15, 0.2) is 11.4 Å². The highest BCUT2D eigenvalue weighted by Gasteiger charge is 2.61. The molecular weight excluding hydrogens is 1020 g/mol. The number of benzene rings is 6. The van der Waals surface area contributed by atoms with Crippen molar-refractivity contribution in [1.29, 1.82) is 0 Å². The molecule has 6 aromatic carbocycles. The van der Waals surface area contributed by atoms with Gasteiger partial charge in [-0.3, -0.25) is 0 Å². The molecule has 0 unspecified atom stereocenters. The Morgan fingerprint density at radius 2 is 0.707 bits per heavy atom. The van der Waals surface area contributed by atoms with Gasteiger partial charge >= 0.3 is 12.3 Å². The summed E-state index contributed by atoms with van der Waals surface area (Å²) in [5.74, 6) is 0. The Morgan fingerprint density at radius 3 is 1.04 bits per heavy atom. The predicted octanol–water partition coefficient (Wildman–Crippen LogP) is 19.2. The maximum atomic E-state index is 17.1. The molecule has 0 radical (unpaired) electrons. The first-order valence-electron chi connectivity index (χ1n) is 28.9. The van der Waals surface area contributed by atoms with Crippen molar-refractivity contribution in [3.8, 4) is 11.1 Å². The largest absolute Gasteiger partial charge is 0.565 e. The van der Waals surface area contributed by atoms with E-state index in [1.54, 1.807) is 0 Å². The van der Waals surface area contributed by atoms with Crippen molar-refractivity contribution in [3.63, 3.8) is 0 Å². The number of para-hydroxylation sites is 2. The third-order valence-electron chi connectivity index (χ3n) is 18.1. The lowest BCUT2D eigenvalue weighted by molar-refractivity contribution is -0.676. The molecule has 0 amide bonds. The van der Waals surface area contributed by atoms with E-state index in [1.807, 2.05) is 119 Å². The molecule has 0 N–H and O–H groups in total. The van der Waals surface area contributed by atoms with Crippen molar-refractivity contribution < 1.29 is 26.7 Å². The van der Waals surface area contributed by atoms with Gasteiger partial charge in [-0.25, -0.2) is 9.13 Å². The number of hydrogen-bond donors (Lipinski definition) is 0. The minimum atomic E-state index is -3.28. The van der Waals surface area contributed by atoms with Crippen LogP contribution in [0.25, 0.3) is 22.3 Å². The highest BCUT2D eigenvalue weighted by molar-refractivity contribution is 6.02. The summed E-state index contributed by atoms with van der Waals surface area (Å²) in [6.07, 6.45) is -3.94. The lowest BCUT2D eigenvalue weighted by Crippen LogP contribution is -2.43. The molecule has 4 aliphatic rings. The summed E-state index contributed by atoms with van der Waals surface area (Å²) in [5, 5.41) is 0. The summed E-state index contributed by atoms with van der Waals surface area (Å²) in [6.45, 7) is 23.5. The van der Waals surface area contributed by atoms with E-state index in [-0.39, 0.29) is 0 Å². The molecule has 414 valence electrons. The number of alkyl halides is 4. The maximum absolute atomic E-state index is 17.1. The summed E-state index contributed by atoms with van der Waals surface area (Å²) < 4.78 is 73.5. The number of anilines is 6. The van der Waals surface area contributed by atoms with Crippen LogP contribution >= 0.6 is 0 Å². The van der Waals surface area contributed by atoms with Crippen molar-refractivity contribution in [2.75, 3.05) is 9.80 Å². The summed E-state index contributed by atoms with van der Waals surface area (Å²) in [6, 6.07) is 54.5. The van der Waals surface area contributed by atoms with Gasteiger partial charge in [-0.2, -0.15) is 0 Å². The van der Waals surface area contributed by atoms with Gasteiger partial charge in [0.1, 0.15) is 0 Å². The number of fused-ring (bicyclic) bond motifs is 4. The Bertz CT molecular complexity index is 3870. The number of nitrogens with zero attached hydrogens (tertiary/aromatic N) is 6. The van der Waals surface area contributed by atoms with Gasteiger partial charge in [0.2, 0.25) is 11.4 Å². The van der Waals surface area contributed by atoms with Crippen LogP contribution in [0.5, 0.6) is 0 Å². The molecule has 6 heterocycles. The Hall–Kier alpha value is -8.50. The molecule has 4 aliphatic heterocycles. The number of aromatic nitrogens is 2. The fourth-order valence-electron chi connectivity index (χ4n) is 14.4. The second kappa shape index (κ2) is 20.2. The second-order valence-electron chi connectivity index (χ2n) is 22.2. The summed E-state index contributed by atoms with van der Waals surface area (Å²) in [5.41, 5.74) is 23.2. The third kappa shape index (κ3) is 7.94. The zero-order chi connectivity index (χ0) is 57.8. The van der Waals surface area contributed by atoms with E-state index >= 15 is 17.6 Å². The zero-order valence-electron chi connectivity index (χ0n) is 49.0. The van der Waals surface area contributed by atoms with Crippen molar-refractivity contribution in [2.24, 2.45) is 0 Å². The van der Waals surface area contributed by atoms with E-state index in [4.69, 9.17) is 0 Å². The molecule has 2 aromatic heterocycles. The standard InChI is InChI=1S/C72H70F4N6/c1-13-61-43(5)67-65(68-44(6)62(14-2)48(10)80(68)71(73,74)79(67)47(61)9)51-33-37-57(38-34-51)77(55-27-19-17-20-28-55)59-31-23-25-53(41-59)54-26-24-32-60(42-54)78(56-29-21-18-22-30-56)58-39-35-52(36-40-58)66-69-45(7)63(15-3)49(11)81(69)72(75,76)82-50(12)64(16-4)46(8)70(66)82/h17-42H,13-16H2,1-12H3/q+2. The van der Waals surface area contributed by atoms with Gasteiger partial charge in [0.05, 0.1) is 22.5 Å². The maximum Gasteiger partial charge on any atom is 0.565 e. The molecule has 0 atom stereocenters. The quantitative estimate of drug-likeness (QED) is 0.0652. The van der Waals surface area contributed by atoms with Gasteiger partial charge < -0.3 is 9.80 Å². The van der Waals surface area contributed by atoms with Crippen molar-refractivity contribution >= 4 is 56.7 Å². The van der Waals surface area contributed by atoms with E-state index in [1.165, 1.54) is 18.3 Å². The molecule has 12 rings (SSSR count). The van der Waals surface area contributed by atoms with Gasteiger partial charge in [-0.1, -0.05) is 113 Å². The van der Waals surface area contributed by atoms with Crippen LogP contribution in [-0.2, 0) is 25.2 Å². The minimum Gasteiger partial charge on any atom is -0.310 e. The Labute approximate surface area is 479 Å². The first-order chi connectivity index (χ1) is 39.4. The monoisotopic (exact) mass is 1090 g/mol. The fraction of sp³-hybridized carbons (Fsp3) is 0.250. The molecular formula is C72H70F4N6+2. The van der Waals surface area contributed by atoms with Crippen molar-refractivity contribution in [3.05, 3.63) is 248 Å². The first kappa shape index (κ1) is 54.1. The normalized spacial score (nSPS) is 16.1. The minimum absolute atomic E-state index is 0.576. The van der Waals surface area contributed by atoms with Crippen LogP contribution < -0.4 is 9.80 Å². The highest BCUT2D eigenvalue weighted by Crippen LogP contribution is 2.53. The lowest BCUT2D eigenvalue weighted by Gasteiger charge is -2.29. The molecule has 8 aromatic rings. The smallest absolute Gasteiger partial charge is 0.310 e. The van der Waals surface area contributed by atoms with E-state index in [9.17, 15) is 0 Å². The average Bonchev–Trinajstić information content (AvgIpc) is 2.12. The second-order valence-corrected chi connectivity index (χ2v) is 22.2.